The molecular weight excluding hydrogens is 764 g/mol. The number of nitrogens with zero attached hydrogens (tertiary/aromatic N) is 1. The van der Waals surface area contributed by atoms with E-state index in [0.717, 1.165) is 67.2 Å². The molecule has 243 valence electrons. The Balaban J connectivity index is 0.000000352. The average Bonchev–Trinajstić information content (AvgIpc) is 2.95. The first kappa shape index (κ1) is 36.7. The van der Waals surface area contributed by atoms with E-state index in [-0.39, 0.29) is 42.5 Å². The number of benzene rings is 4. The van der Waals surface area contributed by atoms with E-state index >= 15 is 0 Å². The summed E-state index contributed by atoms with van der Waals surface area (Å²) >= 11 is 0. The summed E-state index contributed by atoms with van der Waals surface area (Å²) in [6.07, 6.45) is -1.08. The molecule has 0 unspecified atom stereocenters. The number of hydrogen-bond donors (Lipinski definition) is 1. The van der Waals surface area contributed by atoms with Gasteiger partial charge in [0.1, 0.15) is 5.76 Å². The molecule has 1 heterocycles. The Hall–Kier alpha value is -3.80. The summed E-state index contributed by atoms with van der Waals surface area (Å²) in [6.45, 7) is 15.5. The van der Waals surface area contributed by atoms with Crippen molar-refractivity contribution in [2.75, 3.05) is 0 Å². The van der Waals surface area contributed by atoms with Crippen molar-refractivity contribution in [3.63, 3.8) is 0 Å². The molecular formula is C39H40F3IrNO2. The topological polar surface area (TPSA) is 54.5 Å². The van der Waals surface area contributed by atoms with Gasteiger partial charge in [-0.1, -0.05) is 71.0 Å². The van der Waals surface area contributed by atoms with Crippen LogP contribution in [0.4, 0.5) is 13.2 Å². The fourth-order valence-corrected chi connectivity index (χ4v) is 4.83. The van der Waals surface area contributed by atoms with Crippen molar-refractivity contribution in [1.29, 1.82) is 0 Å². The molecule has 0 aliphatic carbocycles. The van der Waals surface area contributed by atoms with Gasteiger partial charge in [0.05, 0.1) is 17.1 Å². The number of allylic oxidation sites excluding steroid dienone is 2. The second-order valence-corrected chi connectivity index (χ2v) is 13.5. The molecule has 0 saturated heterocycles. The minimum atomic E-state index is -4.33. The Morgan fingerprint density at radius 1 is 0.761 bits per heavy atom. The Kier molecular flexibility index (Phi) is 11.1. The van der Waals surface area contributed by atoms with Gasteiger partial charge in [0.2, 0.25) is 0 Å². The van der Waals surface area contributed by atoms with E-state index in [4.69, 9.17) is 0 Å². The van der Waals surface area contributed by atoms with E-state index in [9.17, 15) is 23.1 Å². The van der Waals surface area contributed by atoms with E-state index in [1.54, 1.807) is 0 Å². The summed E-state index contributed by atoms with van der Waals surface area (Å²) in [4.78, 5) is 14.2. The quantitative estimate of drug-likeness (QED) is 0.0649. The van der Waals surface area contributed by atoms with E-state index in [1.807, 2.05) is 85.0 Å². The normalized spacial score (nSPS) is 12.4. The van der Waals surface area contributed by atoms with Crippen LogP contribution >= 0.6 is 0 Å². The summed E-state index contributed by atoms with van der Waals surface area (Å²) in [5.74, 6) is 0.417. The molecule has 4 aromatic carbocycles. The molecule has 0 fully saturated rings. The van der Waals surface area contributed by atoms with Crippen LogP contribution in [-0.2, 0) is 26.3 Å². The minimum Gasteiger partial charge on any atom is -0.511 e. The van der Waals surface area contributed by atoms with Crippen LogP contribution in [0.25, 0.3) is 43.9 Å². The van der Waals surface area contributed by atoms with Crippen molar-refractivity contribution >= 4 is 27.3 Å². The van der Waals surface area contributed by atoms with Crippen LogP contribution in [0.2, 0.25) is 0 Å². The molecule has 1 aromatic heterocycles. The summed E-state index contributed by atoms with van der Waals surface area (Å²) in [6, 6.07) is 25.0. The van der Waals surface area contributed by atoms with Crippen LogP contribution in [0.5, 0.6) is 0 Å². The fourth-order valence-electron chi connectivity index (χ4n) is 4.83. The Bertz CT molecular complexity index is 1870. The molecule has 5 aromatic rings. The molecule has 1 radical (unpaired) electrons. The molecule has 0 spiro atoms. The minimum absolute atomic E-state index is 0. The molecule has 0 amide bonds. The summed E-state index contributed by atoms with van der Waals surface area (Å²) < 4.78 is 38.6. The van der Waals surface area contributed by atoms with Gasteiger partial charge in [0, 0.05) is 31.7 Å². The Labute approximate surface area is 282 Å². The molecule has 3 nitrogen and oxygen atoms in total. The molecule has 0 aliphatic rings. The van der Waals surface area contributed by atoms with Crippen molar-refractivity contribution in [2.24, 2.45) is 10.8 Å². The van der Waals surface area contributed by atoms with Crippen molar-refractivity contribution in [3.05, 3.63) is 114 Å². The zero-order valence-electron chi connectivity index (χ0n) is 27.4. The largest absolute Gasteiger partial charge is 0.511 e. The predicted molar refractivity (Wildman–Crippen MR) is 180 cm³/mol. The molecule has 46 heavy (non-hydrogen) atoms. The number of aliphatic hydroxyl groups excluding tert-OH is 1. The average molecular weight is 804 g/mol. The van der Waals surface area contributed by atoms with Crippen molar-refractivity contribution in [2.45, 2.75) is 61.6 Å². The zero-order chi connectivity index (χ0) is 33.3. The van der Waals surface area contributed by atoms with Gasteiger partial charge in [-0.25, -0.2) is 0 Å². The molecule has 0 saturated carbocycles. The number of hydrogen-bond acceptors (Lipinski definition) is 2. The predicted octanol–water partition coefficient (Wildman–Crippen LogP) is 11.2. The van der Waals surface area contributed by atoms with Crippen LogP contribution in [0.1, 0.15) is 58.2 Å². The number of pyridine rings is 1. The van der Waals surface area contributed by atoms with E-state index < -0.39 is 11.7 Å². The monoisotopic (exact) mass is 804 g/mol. The van der Waals surface area contributed by atoms with Crippen LogP contribution in [0.3, 0.4) is 0 Å². The van der Waals surface area contributed by atoms with E-state index in [0.29, 0.717) is 0 Å². The number of rotatable bonds is 3. The molecule has 5 rings (SSSR count). The molecule has 2 N–H and O–H groups in total. The smallest absolute Gasteiger partial charge is 0.416 e. The number of alkyl halides is 3. The second kappa shape index (κ2) is 13.9. The standard InChI is InChI=1S/C28H19F3N.C11H20O2.Ir/c1-17-13-18(2)15-22(14-17)27-26-10-6-21-16-20(5-9-24(21)25(26)11-12-32-27)19-3-7-23(8-4-19)28(29,30)31;1-10(2,3)8(12)7-9(13)11(4,5)6;/h3-14,16H,1-2H3;7,12H,1-6H3;/q-1;;/p+1/b;8-7-;. The van der Waals surface area contributed by atoms with Crippen molar-refractivity contribution < 1.29 is 43.2 Å². The summed E-state index contributed by atoms with van der Waals surface area (Å²) in [5, 5.41) is 13.8. The second-order valence-electron chi connectivity index (χ2n) is 13.5. The Morgan fingerprint density at radius 3 is 1.93 bits per heavy atom. The molecule has 0 bridgehead atoms. The summed E-state index contributed by atoms with van der Waals surface area (Å²) in [5.41, 5.74) is 4.46. The first-order valence-electron chi connectivity index (χ1n) is 14.8. The third-order valence-corrected chi connectivity index (χ3v) is 7.52. The van der Waals surface area contributed by atoms with Crippen LogP contribution in [0, 0.1) is 30.7 Å². The van der Waals surface area contributed by atoms with Crippen LogP contribution < -0.4 is 0 Å². The van der Waals surface area contributed by atoms with Crippen molar-refractivity contribution in [3.8, 4) is 22.4 Å². The third kappa shape index (κ3) is 8.71. The first-order valence-corrected chi connectivity index (χ1v) is 14.8. The molecule has 0 atom stereocenters. The number of fused-ring (bicyclic) bond motifs is 3. The number of aromatic nitrogens is 1. The number of ketones is 1. The van der Waals surface area contributed by atoms with Crippen LogP contribution in [0.15, 0.2) is 90.8 Å². The van der Waals surface area contributed by atoms with Crippen LogP contribution in [-0.4, -0.2) is 20.7 Å². The van der Waals surface area contributed by atoms with Gasteiger partial charge in [-0.15, -0.1) is 34.9 Å². The number of aliphatic hydroxyl groups is 1. The van der Waals surface area contributed by atoms with Gasteiger partial charge in [-0.05, 0) is 83.4 Å². The third-order valence-electron chi connectivity index (χ3n) is 7.52. The van der Waals surface area contributed by atoms with E-state index in [1.165, 1.54) is 18.2 Å². The van der Waals surface area contributed by atoms with Gasteiger partial charge >= 0.3 is 12.0 Å². The maximum Gasteiger partial charge on any atom is 0.416 e. The molecule has 0 aliphatic heterocycles. The number of carbonyl (C=O) groups excluding carboxylic acids is 1. The maximum atomic E-state index is 12.9. The first-order chi connectivity index (χ1) is 20.8. The van der Waals surface area contributed by atoms with Gasteiger partial charge in [0.25, 0.3) is 0 Å². The van der Waals surface area contributed by atoms with Gasteiger partial charge < -0.3 is 10.1 Å². The van der Waals surface area contributed by atoms with Gasteiger partial charge in [-0.2, -0.15) is 13.2 Å². The maximum absolute atomic E-state index is 12.9. The number of halogens is 3. The number of aryl methyl sites for hydroxylation is 2. The Morgan fingerprint density at radius 2 is 1.37 bits per heavy atom. The van der Waals surface area contributed by atoms with Crippen molar-refractivity contribution in [1.82, 2.24) is 4.98 Å². The molecule has 7 heteroatoms. The van der Waals surface area contributed by atoms with E-state index in [2.05, 4.69) is 36.2 Å². The van der Waals surface area contributed by atoms with Gasteiger partial charge in [0.15, 0.2) is 0 Å². The zero-order valence-corrected chi connectivity index (χ0v) is 29.8. The SMILES string of the molecule is CC(C)(C)C(=[OH+])/C=C(\O)C(C)(C)C.Cc1[c-]c(-c2nccc3c2ccc2cc(-c4ccc(C(F)(F)F)cc4)ccc23)cc(C)c1.[Ir]. The summed E-state index contributed by atoms with van der Waals surface area (Å²) in [7, 11) is 0. The fraction of sp³-hybridized carbons (Fsp3) is 0.282. The van der Waals surface area contributed by atoms with Gasteiger partial charge in [-0.3, -0.25) is 4.79 Å².